The third-order valence-electron chi connectivity index (χ3n) is 3.15. The summed E-state index contributed by atoms with van der Waals surface area (Å²) in [6, 6.07) is 21.2. The van der Waals surface area contributed by atoms with Crippen molar-refractivity contribution in [1.82, 2.24) is 4.98 Å². The molecule has 3 rings (SSSR count). The van der Waals surface area contributed by atoms with Crippen LogP contribution in [0, 0.1) is 0 Å². The molecule has 0 saturated carbocycles. The number of aromatic hydroxyl groups is 1. The van der Waals surface area contributed by atoms with Crippen LogP contribution in [0.4, 0.5) is 0 Å². The number of aromatic nitrogens is 1. The Balaban J connectivity index is 1.84. The Hall–Kier alpha value is -2.81. The topological polar surface area (TPSA) is 42.4 Å². The molecule has 0 atom stereocenters. The lowest BCUT2D eigenvalue weighted by atomic mass is 10.1. The number of para-hydroxylation sites is 1. The number of benzene rings is 2. The molecule has 0 aliphatic rings. The molecule has 0 aliphatic carbocycles. The molecule has 1 heterocycles. The zero-order valence-electron chi connectivity index (χ0n) is 11.4. The summed E-state index contributed by atoms with van der Waals surface area (Å²) in [6.45, 7) is 0.510. The molecule has 0 spiro atoms. The first-order chi connectivity index (χ1) is 10.3. The van der Waals surface area contributed by atoms with Gasteiger partial charge in [-0.2, -0.15) is 0 Å². The van der Waals surface area contributed by atoms with E-state index in [0.717, 1.165) is 22.6 Å². The lowest BCUT2D eigenvalue weighted by Crippen LogP contribution is -1.97. The number of ether oxygens (including phenoxy) is 1. The largest absolute Gasteiger partial charge is 0.506 e. The van der Waals surface area contributed by atoms with Gasteiger partial charge in [0, 0.05) is 5.56 Å². The summed E-state index contributed by atoms with van der Waals surface area (Å²) < 4.78 is 5.91. The monoisotopic (exact) mass is 277 g/mol. The minimum absolute atomic E-state index is 0.154. The number of pyridine rings is 1. The van der Waals surface area contributed by atoms with Crippen molar-refractivity contribution in [2.75, 3.05) is 0 Å². The van der Waals surface area contributed by atoms with Gasteiger partial charge in [0.1, 0.15) is 18.1 Å². The predicted octanol–water partition coefficient (Wildman–Crippen LogP) is 4.03. The summed E-state index contributed by atoms with van der Waals surface area (Å²) in [5.74, 6) is 0.931. The van der Waals surface area contributed by atoms with E-state index in [9.17, 15) is 5.11 Å². The minimum Gasteiger partial charge on any atom is -0.506 e. The van der Waals surface area contributed by atoms with Gasteiger partial charge in [0.05, 0.1) is 11.9 Å². The van der Waals surface area contributed by atoms with E-state index in [-0.39, 0.29) is 5.75 Å². The molecule has 21 heavy (non-hydrogen) atoms. The molecule has 3 nitrogen and oxygen atoms in total. The van der Waals surface area contributed by atoms with E-state index in [1.165, 1.54) is 6.20 Å². The first kappa shape index (κ1) is 13.2. The molecular weight excluding hydrogens is 262 g/mol. The van der Waals surface area contributed by atoms with Crippen molar-refractivity contribution in [2.24, 2.45) is 0 Å². The highest BCUT2D eigenvalue weighted by atomic mass is 16.5. The van der Waals surface area contributed by atoms with Crippen LogP contribution >= 0.6 is 0 Å². The van der Waals surface area contributed by atoms with E-state index in [2.05, 4.69) is 4.98 Å². The Morgan fingerprint density at radius 2 is 1.62 bits per heavy atom. The molecule has 0 aliphatic heterocycles. The van der Waals surface area contributed by atoms with Crippen LogP contribution in [-0.4, -0.2) is 10.1 Å². The zero-order valence-corrected chi connectivity index (χ0v) is 11.4. The van der Waals surface area contributed by atoms with Gasteiger partial charge in [0.25, 0.3) is 0 Å². The van der Waals surface area contributed by atoms with Crippen molar-refractivity contribution in [3.63, 3.8) is 0 Å². The predicted molar refractivity (Wildman–Crippen MR) is 82.1 cm³/mol. The van der Waals surface area contributed by atoms with Crippen LogP contribution in [0.15, 0.2) is 72.9 Å². The van der Waals surface area contributed by atoms with Crippen molar-refractivity contribution < 1.29 is 9.84 Å². The fourth-order valence-electron chi connectivity index (χ4n) is 2.08. The fraction of sp³-hybridized carbons (Fsp3) is 0.0556. The highest BCUT2D eigenvalue weighted by molar-refractivity contribution is 5.67. The first-order valence-corrected chi connectivity index (χ1v) is 6.74. The Labute approximate surface area is 123 Å². The van der Waals surface area contributed by atoms with E-state index >= 15 is 0 Å². The molecule has 0 bridgehead atoms. The third-order valence-corrected chi connectivity index (χ3v) is 3.15. The molecule has 3 heteroatoms. The van der Waals surface area contributed by atoms with Gasteiger partial charge < -0.3 is 9.84 Å². The van der Waals surface area contributed by atoms with Crippen molar-refractivity contribution in [3.05, 3.63) is 78.5 Å². The van der Waals surface area contributed by atoms with E-state index in [4.69, 9.17) is 4.74 Å². The maximum Gasteiger partial charge on any atom is 0.133 e. The molecule has 0 amide bonds. The average Bonchev–Trinajstić information content (AvgIpc) is 2.55. The lowest BCUT2D eigenvalue weighted by molar-refractivity contribution is 0.307. The SMILES string of the molecule is Oc1ccc(-c2ccccc2OCc2ccccc2)nc1. The van der Waals surface area contributed by atoms with Crippen molar-refractivity contribution >= 4 is 0 Å². The summed E-state index contributed by atoms with van der Waals surface area (Å²) in [6.07, 6.45) is 1.43. The summed E-state index contributed by atoms with van der Waals surface area (Å²) in [5, 5.41) is 9.33. The van der Waals surface area contributed by atoms with Gasteiger partial charge in [-0.05, 0) is 29.8 Å². The molecule has 1 aromatic heterocycles. The standard InChI is InChI=1S/C18H15NO2/c20-15-10-11-17(19-12-15)16-8-4-5-9-18(16)21-13-14-6-2-1-3-7-14/h1-12,20H,13H2. The smallest absolute Gasteiger partial charge is 0.133 e. The highest BCUT2D eigenvalue weighted by Crippen LogP contribution is 2.29. The van der Waals surface area contributed by atoms with Gasteiger partial charge in [0.15, 0.2) is 0 Å². The van der Waals surface area contributed by atoms with Gasteiger partial charge >= 0.3 is 0 Å². The third kappa shape index (κ3) is 3.20. The highest BCUT2D eigenvalue weighted by Gasteiger charge is 2.07. The summed E-state index contributed by atoms with van der Waals surface area (Å²) in [4.78, 5) is 4.23. The van der Waals surface area contributed by atoms with Crippen LogP contribution < -0.4 is 4.74 Å². The molecule has 0 radical (unpaired) electrons. The number of hydrogen-bond donors (Lipinski definition) is 1. The van der Waals surface area contributed by atoms with E-state index in [1.54, 1.807) is 12.1 Å². The average molecular weight is 277 g/mol. The van der Waals surface area contributed by atoms with Crippen LogP contribution in [0.2, 0.25) is 0 Å². The second kappa shape index (κ2) is 6.09. The fourth-order valence-corrected chi connectivity index (χ4v) is 2.08. The second-order valence-corrected chi connectivity index (χ2v) is 4.67. The van der Waals surface area contributed by atoms with Gasteiger partial charge in [-0.15, -0.1) is 0 Å². The van der Waals surface area contributed by atoms with Gasteiger partial charge in [-0.3, -0.25) is 4.98 Å². The molecule has 1 N–H and O–H groups in total. The Morgan fingerprint density at radius 1 is 0.857 bits per heavy atom. The van der Waals surface area contributed by atoms with Crippen LogP contribution in [-0.2, 0) is 6.61 Å². The maximum absolute atomic E-state index is 9.33. The minimum atomic E-state index is 0.154. The zero-order chi connectivity index (χ0) is 14.5. The van der Waals surface area contributed by atoms with E-state index < -0.39 is 0 Å². The van der Waals surface area contributed by atoms with Crippen LogP contribution in [0.5, 0.6) is 11.5 Å². The maximum atomic E-state index is 9.33. The second-order valence-electron chi connectivity index (χ2n) is 4.67. The molecule has 0 saturated heterocycles. The first-order valence-electron chi connectivity index (χ1n) is 6.74. The van der Waals surface area contributed by atoms with Crippen LogP contribution in [0.25, 0.3) is 11.3 Å². The molecule has 0 unspecified atom stereocenters. The Morgan fingerprint density at radius 3 is 2.38 bits per heavy atom. The van der Waals surface area contributed by atoms with Crippen molar-refractivity contribution in [3.8, 4) is 22.8 Å². The van der Waals surface area contributed by atoms with Crippen molar-refractivity contribution in [1.29, 1.82) is 0 Å². The number of hydrogen-bond acceptors (Lipinski definition) is 3. The molecule has 2 aromatic carbocycles. The summed E-state index contributed by atoms with van der Waals surface area (Å²) in [7, 11) is 0. The summed E-state index contributed by atoms with van der Waals surface area (Å²) >= 11 is 0. The molecule has 104 valence electrons. The van der Waals surface area contributed by atoms with E-state index in [0.29, 0.717) is 6.61 Å². The molecule has 0 fully saturated rings. The lowest BCUT2D eigenvalue weighted by Gasteiger charge is -2.11. The normalized spacial score (nSPS) is 10.3. The van der Waals surface area contributed by atoms with Crippen molar-refractivity contribution in [2.45, 2.75) is 6.61 Å². The number of nitrogens with zero attached hydrogens (tertiary/aromatic N) is 1. The van der Waals surface area contributed by atoms with Gasteiger partial charge in [0.2, 0.25) is 0 Å². The van der Waals surface area contributed by atoms with Crippen LogP contribution in [0.1, 0.15) is 5.56 Å². The Kier molecular flexibility index (Phi) is 3.83. The van der Waals surface area contributed by atoms with E-state index in [1.807, 2.05) is 54.6 Å². The molecule has 3 aromatic rings. The van der Waals surface area contributed by atoms with Crippen LogP contribution in [0.3, 0.4) is 0 Å². The summed E-state index contributed by atoms with van der Waals surface area (Å²) in [5.41, 5.74) is 2.80. The Bertz CT molecular complexity index is 709. The molecular formula is C18H15NO2. The van der Waals surface area contributed by atoms with Gasteiger partial charge in [-0.1, -0.05) is 42.5 Å². The quantitative estimate of drug-likeness (QED) is 0.782. The number of rotatable bonds is 4. The van der Waals surface area contributed by atoms with Gasteiger partial charge in [-0.25, -0.2) is 0 Å².